The van der Waals surface area contributed by atoms with Gasteiger partial charge in [0.1, 0.15) is 0 Å². The van der Waals surface area contributed by atoms with Gasteiger partial charge >= 0.3 is 0 Å². The van der Waals surface area contributed by atoms with Crippen LogP contribution >= 0.6 is 0 Å². The first-order valence-electron chi connectivity index (χ1n) is 6.62. The van der Waals surface area contributed by atoms with E-state index in [9.17, 15) is 0 Å². The van der Waals surface area contributed by atoms with Crippen LogP contribution < -0.4 is 5.73 Å². The lowest BCUT2D eigenvalue weighted by Gasteiger charge is -2.23. The highest BCUT2D eigenvalue weighted by Crippen LogP contribution is 2.29. The lowest BCUT2D eigenvalue weighted by Crippen LogP contribution is -2.25. The van der Waals surface area contributed by atoms with Gasteiger partial charge in [-0.1, -0.05) is 13.8 Å². The number of ether oxygens (including phenoxy) is 1. The molecule has 0 aliphatic carbocycles. The number of aromatic nitrogens is 2. The second-order valence-electron chi connectivity index (χ2n) is 4.85. The highest BCUT2D eigenvalue weighted by molar-refractivity contribution is 5.08. The van der Waals surface area contributed by atoms with Crippen molar-refractivity contribution in [3.8, 4) is 0 Å². The second kappa shape index (κ2) is 5.65. The summed E-state index contributed by atoms with van der Waals surface area (Å²) in [4.78, 5) is 4.27. The van der Waals surface area contributed by atoms with Crippen LogP contribution in [0.1, 0.15) is 50.9 Å². The molecule has 4 heteroatoms. The summed E-state index contributed by atoms with van der Waals surface area (Å²) in [6, 6.07) is 0.571. The van der Waals surface area contributed by atoms with E-state index >= 15 is 0 Å². The van der Waals surface area contributed by atoms with Crippen molar-refractivity contribution in [2.45, 2.75) is 45.2 Å². The zero-order chi connectivity index (χ0) is 12.3. The molecule has 1 fully saturated rings. The minimum Gasteiger partial charge on any atom is -0.381 e. The van der Waals surface area contributed by atoms with Gasteiger partial charge in [-0.25, -0.2) is 4.98 Å². The lowest BCUT2D eigenvalue weighted by molar-refractivity contribution is 0.180. The first kappa shape index (κ1) is 12.6. The average molecular weight is 237 g/mol. The Morgan fingerprint density at radius 2 is 2.29 bits per heavy atom. The number of hydrogen-bond donors (Lipinski definition) is 1. The van der Waals surface area contributed by atoms with Crippen LogP contribution in [0.5, 0.6) is 0 Å². The summed E-state index contributed by atoms with van der Waals surface area (Å²) in [6.07, 6.45) is 7.14. The molecule has 2 unspecified atom stereocenters. The smallest absolute Gasteiger partial charge is 0.0951 e. The molecule has 0 amide bonds. The van der Waals surface area contributed by atoms with E-state index in [2.05, 4.69) is 23.4 Å². The van der Waals surface area contributed by atoms with Gasteiger partial charge in [-0.2, -0.15) is 0 Å². The van der Waals surface area contributed by atoms with Crippen molar-refractivity contribution in [3.63, 3.8) is 0 Å². The van der Waals surface area contributed by atoms with E-state index in [1.165, 1.54) is 0 Å². The molecule has 1 aliphatic rings. The van der Waals surface area contributed by atoms with E-state index in [0.717, 1.165) is 38.2 Å². The standard InChI is InChI=1S/C13H23N3O/c1-3-11(4-2)16-9-15-7-12(16)13(14)10-5-6-17-8-10/h7,9-11,13H,3-6,8,14H2,1-2H3. The molecule has 0 spiro atoms. The molecule has 0 radical (unpaired) electrons. The normalized spacial score (nSPS) is 22.2. The molecule has 1 saturated heterocycles. The van der Waals surface area contributed by atoms with Crippen LogP contribution in [-0.4, -0.2) is 22.8 Å². The SMILES string of the molecule is CCC(CC)n1cncc1C(N)C1CCOC1. The molecule has 1 aromatic rings. The van der Waals surface area contributed by atoms with Crippen LogP contribution in [0.4, 0.5) is 0 Å². The molecule has 4 nitrogen and oxygen atoms in total. The maximum absolute atomic E-state index is 6.35. The van der Waals surface area contributed by atoms with Gasteiger partial charge in [-0.15, -0.1) is 0 Å². The molecule has 2 rings (SSSR count). The van der Waals surface area contributed by atoms with Crippen molar-refractivity contribution in [1.82, 2.24) is 9.55 Å². The minimum atomic E-state index is 0.0561. The highest BCUT2D eigenvalue weighted by Gasteiger charge is 2.27. The monoisotopic (exact) mass is 237 g/mol. The number of imidazole rings is 1. The molecule has 2 atom stereocenters. The molecule has 1 aromatic heterocycles. The third kappa shape index (κ3) is 2.53. The van der Waals surface area contributed by atoms with Crippen LogP contribution in [0.15, 0.2) is 12.5 Å². The fourth-order valence-corrected chi connectivity index (χ4v) is 2.64. The first-order chi connectivity index (χ1) is 8.27. The van der Waals surface area contributed by atoms with E-state index in [1.54, 1.807) is 0 Å². The van der Waals surface area contributed by atoms with Gasteiger partial charge in [0.15, 0.2) is 0 Å². The first-order valence-corrected chi connectivity index (χ1v) is 6.62. The predicted octanol–water partition coefficient (Wildman–Crippen LogP) is 2.28. The van der Waals surface area contributed by atoms with Crippen LogP contribution in [0.3, 0.4) is 0 Å². The quantitative estimate of drug-likeness (QED) is 0.854. The Morgan fingerprint density at radius 3 is 2.88 bits per heavy atom. The van der Waals surface area contributed by atoms with Crippen molar-refractivity contribution in [1.29, 1.82) is 0 Å². The summed E-state index contributed by atoms with van der Waals surface area (Å²) in [5.74, 6) is 0.444. The third-order valence-electron chi connectivity index (χ3n) is 3.85. The van der Waals surface area contributed by atoms with Crippen LogP contribution in [-0.2, 0) is 4.74 Å². The Labute approximate surface area is 103 Å². The highest BCUT2D eigenvalue weighted by atomic mass is 16.5. The van der Waals surface area contributed by atoms with E-state index in [4.69, 9.17) is 10.5 Å². The van der Waals surface area contributed by atoms with E-state index < -0.39 is 0 Å². The Kier molecular flexibility index (Phi) is 4.18. The maximum Gasteiger partial charge on any atom is 0.0951 e. The Hall–Kier alpha value is -0.870. The van der Waals surface area contributed by atoms with Gasteiger partial charge in [0.2, 0.25) is 0 Å². The maximum atomic E-state index is 6.35. The van der Waals surface area contributed by atoms with Crippen molar-refractivity contribution in [2.75, 3.05) is 13.2 Å². The summed E-state index contributed by atoms with van der Waals surface area (Å²) in [7, 11) is 0. The third-order valence-corrected chi connectivity index (χ3v) is 3.85. The van der Waals surface area contributed by atoms with E-state index in [1.807, 2.05) is 12.5 Å². The van der Waals surface area contributed by atoms with Gasteiger partial charge in [-0.05, 0) is 19.3 Å². The summed E-state index contributed by atoms with van der Waals surface area (Å²) in [5, 5.41) is 0. The Balaban J connectivity index is 2.17. The fourth-order valence-electron chi connectivity index (χ4n) is 2.64. The molecule has 1 aliphatic heterocycles. The molecular formula is C13H23N3O. The lowest BCUT2D eigenvalue weighted by atomic mass is 9.97. The van der Waals surface area contributed by atoms with E-state index in [0.29, 0.717) is 12.0 Å². The largest absolute Gasteiger partial charge is 0.381 e. The molecule has 17 heavy (non-hydrogen) atoms. The summed E-state index contributed by atoms with van der Waals surface area (Å²) in [5.41, 5.74) is 7.51. The zero-order valence-corrected chi connectivity index (χ0v) is 10.8. The fraction of sp³-hybridized carbons (Fsp3) is 0.769. The van der Waals surface area contributed by atoms with Crippen LogP contribution in [0, 0.1) is 5.92 Å². The van der Waals surface area contributed by atoms with E-state index in [-0.39, 0.29) is 6.04 Å². The van der Waals surface area contributed by atoms with Crippen molar-refractivity contribution < 1.29 is 4.74 Å². The van der Waals surface area contributed by atoms with Crippen LogP contribution in [0.25, 0.3) is 0 Å². The minimum absolute atomic E-state index is 0.0561. The van der Waals surface area contributed by atoms with Crippen molar-refractivity contribution >= 4 is 0 Å². The van der Waals surface area contributed by atoms with Crippen molar-refractivity contribution in [2.24, 2.45) is 11.7 Å². The number of nitrogens with zero attached hydrogens (tertiary/aromatic N) is 2. The topological polar surface area (TPSA) is 53.1 Å². The van der Waals surface area contributed by atoms with Crippen LogP contribution in [0.2, 0.25) is 0 Å². The summed E-state index contributed by atoms with van der Waals surface area (Å²) in [6.45, 7) is 6.05. The number of hydrogen-bond acceptors (Lipinski definition) is 3. The summed E-state index contributed by atoms with van der Waals surface area (Å²) < 4.78 is 7.67. The second-order valence-corrected chi connectivity index (χ2v) is 4.85. The van der Waals surface area contributed by atoms with Gasteiger partial charge < -0.3 is 15.0 Å². The molecule has 0 saturated carbocycles. The zero-order valence-electron chi connectivity index (χ0n) is 10.8. The van der Waals surface area contributed by atoms with Gasteiger partial charge in [0.05, 0.1) is 24.7 Å². The predicted molar refractivity (Wildman–Crippen MR) is 67.7 cm³/mol. The molecule has 96 valence electrons. The molecular weight excluding hydrogens is 214 g/mol. The van der Waals surface area contributed by atoms with Gasteiger partial charge in [0.25, 0.3) is 0 Å². The number of nitrogens with two attached hydrogens (primary N) is 1. The Bertz CT molecular complexity index is 340. The Morgan fingerprint density at radius 1 is 1.53 bits per heavy atom. The van der Waals surface area contributed by atoms with Gasteiger partial charge in [-0.3, -0.25) is 0 Å². The summed E-state index contributed by atoms with van der Waals surface area (Å²) >= 11 is 0. The molecule has 2 N–H and O–H groups in total. The molecule has 0 aromatic carbocycles. The van der Waals surface area contributed by atoms with Crippen molar-refractivity contribution in [3.05, 3.63) is 18.2 Å². The number of rotatable bonds is 5. The molecule has 0 bridgehead atoms. The molecule has 2 heterocycles. The van der Waals surface area contributed by atoms with Gasteiger partial charge in [0, 0.05) is 24.8 Å². The average Bonchev–Trinajstić information content (AvgIpc) is 3.01.